The van der Waals surface area contributed by atoms with Gasteiger partial charge in [-0.15, -0.1) is 0 Å². The number of aromatic nitrogens is 1. The Bertz CT molecular complexity index is 828. The lowest BCUT2D eigenvalue weighted by Gasteiger charge is -2.14. The molecule has 0 amide bonds. The summed E-state index contributed by atoms with van der Waals surface area (Å²) in [4.78, 5) is 0. The van der Waals surface area contributed by atoms with Gasteiger partial charge in [0.25, 0.3) is 0 Å². The van der Waals surface area contributed by atoms with E-state index < -0.39 is 0 Å². The molecule has 0 radical (unpaired) electrons. The lowest BCUT2D eigenvalue weighted by molar-refractivity contribution is -0.659. The standard InChI is InChI=1S/C22H26N/c1-5-17(6-2)18-11-12-21-19(15-18)13-14-23(4)22(21)20-10-8-7-9-16(20)3/h7-15,17H,5-6H2,1-4H3/q+1. The predicted molar refractivity (Wildman–Crippen MR) is 98.6 cm³/mol. The average molecular weight is 304 g/mol. The molecule has 0 bridgehead atoms. The molecule has 1 heteroatoms. The normalized spacial score (nSPS) is 11.3. The number of hydrogen-bond acceptors (Lipinski definition) is 0. The van der Waals surface area contributed by atoms with Crippen LogP contribution >= 0.6 is 0 Å². The number of fused-ring (bicyclic) bond motifs is 1. The highest BCUT2D eigenvalue weighted by molar-refractivity contribution is 5.94. The topological polar surface area (TPSA) is 3.88 Å². The van der Waals surface area contributed by atoms with Crippen LogP contribution in [0, 0.1) is 6.92 Å². The van der Waals surface area contributed by atoms with E-state index in [0.29, 0.717) is 5.92 Å². The highest BCUT2D eigenvalue weighted by Gasteiger charge is 2.17. The molecule has 23 heavy (non-hydrogen) atoms. The van der Waals surface area contributed by atoms with E-state index in [1.807, 2.05) is 0 Å². The van der Waals surface area contributed by atoms with Gasteiger partial charge < -0.3 is 0 Å². The van der Waals surface area contributed by atoms with Crippen LogP contribution in [0.25, 0.3) is 22.0 Å². The molecule has 0 saturated heterocycles. The minimum Gasteiger partial charge on any atom is -0.200 e. The van der Waals surface area contributed by atoms with E-state index in [1.165, 1.54) is 46.0 Å². The van der Waals surface area contributed by atoms with Crippen molar-refractivity contribution in [2.45, 2.75) is 39.5 Å². The Balaban J connectivity index is 2.23. The van der Waals surface area contributed by atoms with Crippen LogP contribution in [0.1, 0.15) is 43.7 Å². The van der Waals surface area contributed by atoms with Gasteiger partial charge in [-0.25, -0.2) is 4.57 Å². The predicted octanol–water partition coefficient (Wildman–Crippen LogP) is 5.54. The monoisotopic (exact) mass is 304 g/mol. The van der Waals surface area contributed by atoms with E-state index in [0.717, 1.165) is 0 Å². The molecule has 0 spiro atoms. The number of nitrogens with zero attached hydrogens (tertiary/aromatic N) is 1. The quantitative estimate of drug-likeness (QED) is 0.557. The molecule has 3 rings (SSSR count). The Labute approximate surface area is 139 Å². The number of rotatable bonds is 4. The van der Waals surface area contributed by atoms with Crippen LogP contribution in [-0.2, 0) is 7.05 Å². The van der Waals surface area contributed by atoms with E-state index in [2.05, 4.69) is 87.1 Å². The fraction of sp³-hybridized carbons (Fsp3) is 0.318. The zero-order valence-electron chi connectivity index (χ0n) is 14.6. The molecular formula is C22H26N+. The van der Waals surface area contributed by atoms with Gasteiger partial charge in [-0.05, 0) is 54.3 Å². The summed E-state index contributed by atoms with van der Waals surface area (Å²) in [6.45, 7) is 6.75. The third-order valence-electron chi connectivity index (χ3n) is 5.02. The van der Waals surface area contributed by atoms with Gasteiger partial charge in [0.1, 0.15) is 7.05 Å². The van der Waals surface area contributed by atoms with Gasteiger partial charge in [-0.1, -0.05) is 44.2 Å². The van der Waals surface area contributed by atoms with Crippen LogP contribution < -0.4 is 4.57 Å². The van der Waals surface area contributed by atoms with Gasteiger partial charge in [-0.2, -0.15) is 0 Å². The summed E-state index contributed by atoms with van der Waals surface area (Å²) >= 11 is 0. The number of aryl methyl sites for hydroxylation is 2. The second-order valence-electron chi connectivity index (χ2n) is 6.45. The van der Waals surface area contributed by atoms with Crippen LogP contribution in [0.3, 0.4) is 0 Å². The molecular weight excluding hydrogens is 278 g/mol. The molecule has 0 saturated carbocycles. The molecule has 0 aliphatic rings. The molecule has 1 heterocycles. The van der Waals surface area contributed by atoms with Gasteiger partial charge in [-0.3, -0.25) is 0 Å². The molecule has 0 aliphatic carbocycles. The fourth-order valence-electron chi connectivity index (χ4n) is 3.58. The van der Waals surface area contributed by atoms with Gasteiger partial charge in [0, 0.05) is 11.6 Å². The fourth-order valence-corrected chi connectivity index (χ4v) is 3.58. The largest absolute Gasteiger partial charge is 0.220 e. The minimum atomic E-state index is 0.662. The number of benzene rings is 2. The summed E-state index contributed by atoms with van der Waals surface area (Å²) < 4.78 is 2.24. The van der Waals surface area contributed by atoms with E-state index in [-0.39, 0.29) is 0 Å². The van der Waals surface area contributed by atoms with Crippen molar-refractivity contribution in [1.82, 2.24) is 0 Å². The first kappa shape index (κ1) is 15.7. The van der Waals surface area contributed by atoms with Crippen LogP contribution in [0.5, 0.6) is 0 Å². The Hall–Kier alpha value is -2.15. The maximum absolute atomic E-state index is 2.38. The molecule has 0 N–H and O–H groups in total. The minimum absolute atomic E-state index is 0.662. The zero-order valence-corrected chi connectivity index (χ0v) is 14.6. The van der Waals surface area contributed by atoms with Crippen LogP contribution in [0.2, 0.25) is 0 Å². The van der Waals surface area contributed by atoms with Crippen LogP contribution in [0.15, 0.2) is 54.7 Å². The number of pyridine rings is 1. The van der Waals surface area contributed by atoms with Crippen molar-refractivity contribution >= 4 is 10.8 Å². The summed E-state index contributed by atoms with van der Waals surface area (Å²) in [6, 6.07) is 17.9. The van der Waals surface area contributed by atoms with Crippen LogP contribution in [0.4, 0.5) is 0 Å². The summed E-state index contributed by atoms with van der Waals surface area (Å²) in [7, 11) is 2.13. The molecule has 1 nitrogen and oxygen atoms in total. The Morgan fingerprint density at radius 1 is 0.957 bits per heavy atom. The molecule has 3 aromatic rings. The van der Waals surface area contributed by atoms with Crippen molar-refractivity contribution in [3.8, 4) is 11.3 Å². The Kier molecular flexibility index (Phi) is 4.47. The lowest BCUT2D eigenvalue weighted by Crippen LogP contribution is -2.30. The van der Waals surface area contributed by atoms with Crippen molar-refractivity contribution < 1.29 is 4.57 Å². The summed E-state index contributed by atoms with van der Waals surface area (Å²) in [6.07, 6.45) is 4.58. The zero-order chi connectivity index (χ0) is 16.4. The van der Waals surface area contributed by atoms with Crippen molar-refractivity contribution in [2.75, 3.05) is 0 Å². The first-order chi connectivity index (χ1) is 11.2. The van der Waals surface area contributed by atoms with Gasteiger partial charge in [0.2, 0.25) is 5.69 Å². The second-order valence-corrected chi connectivity index (χ2v) is 6.45. The summed E-state index contributed by atoms with van der Waals surface area (Å²) in [5.74, 6) is 0.662. The molecule has 0 atom stereocenters. The van der Waals surface area contributed by atoms with Crippen molar-refractivity contribution in [3.63, 3.8) is 0 Å². The highest BCUT2D eigenvalue weighted by atomic mass is 14.9. The third-order valence-corrected chi connectivity index (χ3v) is 5.02. The van der Waals surface area contributed by atoms with Crippen molar-refractivity contribution in [2.24, 2.45) is 7.05 Å². The molecule has 0 fully saturated rings. The maximum atomic E-state index is 2.38. The smallest absolute Gasteiger partial charge is 0.200 e. The first-order valence-corrected chi connectivity index (χ1v) is 8.64. The van der Waals surface area contributed by atoms with Crippen LogP contribution in [-0.4, -0.2) is 0 Å². The highest BCUT2D eigenvalue weighted by Crippen LogP contribution is 2.31. The summed E-state index contributed by atoms with van der Waals surface area (Å²) in [5.41, 5.74) is 5.40. The first-order valence-electron chi connectivity index (χ1n) is 8.64. The Morgan fingerprint density at radius 3 is 2.39 bits per heavy atom. The average Bonchev–Trinajstić information content (AvgIpc) is 2.57. The van der Waals surface area contributed by atoms with Crippen molar-refractivity contribution in [3.05, 3.63) is 65.9 Å². The molecule has 2 aromatic carbocycles. The number of hydrogen-bond donors (Lipinski definition) is 0. The molecule has 1 aromatic heterocycles. The lowest BCUT2D eigenvalue weighted by atomic mass is 9.91. The SMILES string of the molecule is CCC(CC)c1ccc2c(-c3ccccc3C)[n+](C)ccc2c1. The summed E-state index contributed by atoms with van der Waals surface area (Å²) in [5, 5.41) is 2.67. The van der Waals surface area contributed by atoms with E-state index in [4.69, 9.17) is 0 Å². The second kappa shape index (κ2) is 6.54. The van der Waals surface area contributed by atoms with Gasteiger partial charge in [0.05, 0.1) is 5.39 Å². The Morgan fingerprint density at radius 2 is 1.70 bits per heavy atom. The molecule has 118 valence electrons. The van der Waals surface area contributed by atoms with Gasteiger partial charge in [0.15, 0.2) is 6.20 Å². The van der Waals surface area contributed by atoms with E-state index in [1.54, 1.807) is 0 Å². The van der Waals surface area contributed by atoms with E-state index in [9.17, 15) is 0 Å². The van der Waals surface area contributed by atoms with Crippen molar-refractivity contribution in [1.29, 1.82) is 0 Å². The maximum Gasteiger partial charge on any atom is 0.220 e. The van der Waals surface area contributed by atoms with E-state index >= 15 is 0 Å². The third kappa shape index (κ3) is 2.88. The van der Waals surface area contributed by atoms with Gasteiger partial charge >= 0.3 is 0 Å². The molecule has 0 aliphatic heterocycles. The molecule has 0 unspecified atom stereocenters.